The summed E-state index contributed by atoms with van der Waals surface area (Å²) >= 11 is 1.69. The van der Waals surface area contributed by atoms with E-state index in [1.807, 2.05) is 24.3 Å². The molecular weight excluding hydrogens is 320 g/mol. The number of para-hydroxylation sites is 1. The summed E-state index contributed by atoms with van der Waals surface area (Å²) in [4.78, 5) is 25.5. The third-order valence-electron chi connectivity index (χ3n) is 4.43. The molecule has 1 amide bonds. The van der Waals surface area contributed by atoms with Gasteiger partial charge in [0.05, 0.1) is 16.3 Å². The zero-order valence-electron chi connectivity index (χ0n) is 13.4. The Morgan fingerprint density at radius 1 is 1.25 bits per heavy atom. The first-order valence-corrected chi connectivity index (χ1v) is 8.81. The van der Waals surface area contributed by atoms with E-state index in [1.54, 1.807) is 11.3 Å². The highest BCUT2D eigenvalue weighted by molar-refractivity contribution is 7.15. The van der Waals surface area contributed by atoms with Crippen LogP contribution in [0.4, 0.5) is 5.82 Å². The van der Waals surface area contributed by atoms with Gasteiger partial charge in [0.2, 0.25) is 5.91 Å². The number of carbonyl (C=O) groups is 1. The van der Waals surface area contributed by atoms with Crippen LogP contribution in [0.2, 0.25) is 0 Å². The van der Waals surface area contributed by atoms with Crippen LogP contribution in [0.25, 0.3) is 21.6 Å². The van der Waals surface area contributed by atoms with Gasteiger partial charge in [0.25, 0.3) is 0 Å². The number of primary amides is 1. The van der Waals surface area contributed by atoms with E-state index in [2.05, 4.69) is 24.0 Å². The highest BCUT2D eigenvalue weighted by atomic mass is 32.1. The van der Waals surface area contributed by atoms with Crippen molar-refractivity contribution in [3.05, 3.63) is 41.3 Å². The summed E-state index contributed by atoms with van der Waals surface area (Å²) in [6.45, 7) is 3.49. The molecule has 4 rings (SSSR count). The molecule has 122 valence electrons. The zero-order valence-corrected chi connectivity index (χ0v) is 14.2. The Balaban J connectivity index is 1.83. The molecule has 2 aromatic heterocycles. The molecule has 0 saturated carbocycles. The Morgan fingerprint density at radius 3 is 2.79 bits per heavy atom. The standard InChI is InChI=1S/C18H18N4OS/c1-11-6-7-15(24-11)17-20-14-5-3-2-4-13(14)18(21-17)22-9-8-12(10-22)16(19)23/h2-7,12H,8-10H2,1H3,(H2,19,23)/t12-/m1/s1. The number of carbonyl (C=O) groups excluding carboxylic acids is 1. The average Bonchev–Trinajstić information content (AvgIpc) is 3.23. The molecular formula is C18H18N4OS. The van der Waals surface area contributed by atoms with Gasteiger partial charge >= 0.3 is 0 Å². The first-order valence-electron chi connectivity index (χ1n) is 7.99. The third kappa shape index (κ3) is 2.63. The van der Waals surface area contributed by atoms with Gasteiger partial charge in [0, 0.05) is 23.4 Å². The van der Waals surface area contributed by atoms with Crippen molar-refractivity contribution < 1.29 is 4.79 Å². The van der Waals surface area contributed by atoms with Crippen molar-refractivity contribution >= 4 is 34.0 Å². The molecule has 1 aliphatic heterocycles. The Hall–Kier alpha value is -2.47. The molecule has 1 saturated heterocycles. The second-order valence-electron chi connectivity index (χ2n) is 6.13. The molecule has 3 aromatic rings. The maximum Gasteiger partial charge on any atom is 0.222 e. The number of thiophene rings is 1. The second-order valence-corrected chi connectivity index (χ2v) is 7.42. The number of anilines is 1. The number of benzene rings is 1. The molecule has 0 aliphatic carbocycles. The molecule has 6 heteroatoms. The highest BCUT2D eigenvalue weighted by Crippen LogP contribution is 2.32. The lowest BCUT2D eigenvalue weighted by Crippen LogP contribution is -2.28. The van der Waals surface area contributed by atoms with Crippen LogP contribution in [-0.2, 0) is 4.79 Å². The van der Waals surface area contributed by atoms with Crippen molar-refractivity contribution in [1.82, 2.24) is 9.97 Å². The van der Waals surface area contributed by atoms with E-state index in [0.29, 0.717) is 6.54 Å². The number of fused-ring (bicyclic) bond motifs is 1. The normalized spacial score (nSPS) is 17.5. The van der Waals surface area contributed by atoms with Gasteiger partial charge in [-0.3, -0.25) is 4.79 Å². The minimum absolute atomic E-state index is 0.105. The Morgan fingerprint density at radius 2 is 2.08 bits per heavy atom. The van der Waals surface area contributed by atoms with E-state index in [4.69, 9.17) is 15.7 Å². The van der Waals surface area contributed by atoms with Crippen LogP contribution in [0.5, 0.6) is 0 Å². The monoisotopic (exact) mass is 338 g/mol. The predicted octanol–water partition coefficient (Wildman–Crippen LogP) is 2.98. The van der Waals surface area contributed by atoms with Crippen molar-refractivity contribution in [3.8, 4) is 10.7 Å². The number of nitrogens with zero attached hydrogens (tertiary/aromatic N) is 3. The molecule has 24 heavy (non-hydrogen) atoms. The van der Waals surface area contributed by atoms with E-state index in [1.165, 1.54) is 4.88 Å². The van der Waals surface area contributed by atoms with Crippen LogP contribution in [0.15, 0.2) is 36.4 Å². The number of amides is 1. The molecule has 3 heterocycles. The summed E-state index contributed by atoms with van der Waals surface area (Å²) in [5, 5.41) is 1.01. The van der Waals surface area contributed by atoms with E-state index in [0.717, 1.165) is 40.4 Å². The maximum atomic E-state index is 11.5. The van der Waals surface area contributed by atoms with Crippen LogP contribution in [0, 0.1) is 12.8 Å². The van der Waals surface area contributed by atoms with Crippen molar-refractivity contribution in [3.63, 3.8) is 0 Å². The first-order chi connectivity index (χ1) is 11.6. The van der Waals surface area contributed by atoms with Crippen molar-refractivity contribution in [2.75, 3.05) is 18.0 Å². The van der Waals surface area contributed by atoms with Crippen LogP contribution in [0.3, 0.4) is 0 Å². The summed E-state index contributed by atoms with van der Waals surface area (Å²) in [6, 6.07) is 12.2. The lowest BCUT2D eigenvalue weighted by Gasteiger charge is -2.19. The molecule has 1 aromatic carbocycles. The Bertz CT molecular complexity index is 920. The number of hydrogen-bond donors (Lipinski definition) is 1. The number of rotatable bonds is 3. The number of hydrogen-bond acceptors (Lipinski definition) is 5. The fraction of sp³-hybridized carbons (Fsp3) is 0.278. The van der Waals surface area contributed by atoms with Crippen LogP contribution in [0.1, 0.15) is 11.3 Å². The molecule has 2 N–H and O–H groups in total. The second kappa shape index (κ2) is 5.87. The molecule has 1 atom stereocenters. The minimum atomic E-state index is -0.232. The summed E-state index contributed by atoms with van der Waals surface area (Å²) in [5.41, 5.74) is 6.40. The van der Waals surface area contributed by atoms with Gasteiger partial charge in [-0.2, -0.15) is 0 Å². The van der Waals surface area contributed by atoms with Crippen molar-refractivity contribution in [1.29, 1.82) is 0 Å². The van der Waals surface area contributed by atoms with Crippen LogP contribution in [-0.4, -0.2) is 29.0 Å². The van der Waals surface area contributed by atoms with Gasteiger partial charge in [-0.1, -0.05) is 12.1 Å². The Labute approximate surface area is 144 Å². The lowest BCUT2D eigenvalue weighted by atomic mass is 10.1. The van der Waals surface area contributed by atoms with Gasteiger partial charge in [0.1, 0.15) is 5.82 Å². The molecule has 1 fully saturated rings. The molecule has 0 bridgehead atoms. The summed E-state index contributed by atoms with van der Waals surface area (Å²) in [6.07, 6.45) is 0.779. The summed E-state index contributed by atoms with van der Waals surface area (Å²) < 4.78 is 0. The first kappa shape index (κ1) is 15.1. The van der Waals surface area contributed by atoms with E-state index >= 15 is 0 Å². The molecule has 0 radical (unpaired) electrons. The smallest absolute Gasteiger partial charge is 0.222 e. The molecule has 1 aliphatic rings. The molecule has 0 unspecified atom stereocenters. The zero-order chi connectivity index (χ0) is 16.7. The molecule has 0 spiro atoms. The lowest BCUT2D eigenvalue weighted by molar-refractivity contribution is -0.121. The van der Waals surface area contributed by atoms with Crippen molar-refractivity contribution in [2.24, 2.45) is 11.7 Å². The summed E-state index contributed by atoms with van der Waals surface area (Å²) in [7, 11) is 0. The van der Waals surface area contributed by atoms with Gasteiger partial charge in [-0.25, -0.2) is 9.97 Å². The highest BCUT2D eigenvalue weighted by Gasteiger charge is 2.29. The molecule has 5 nitrogen and oxygen atoms in total. The van der Waals surface area contributed by atoms with Crippen LogP contribution < -0.4 is 10.6 Å². The topological polar surface area (TPSA) is 72.1 Å². The van der Waals surface area contributed by atoms with Gasteiger partial charge in [0.15, 0.2) is 5.82 Å². The average molecular weight is 338 g/mol. The van der Waals surface area contributed by atoms with E-state index < -0.39 is 0 Å². The quantitative estimate of drug-likeness (QED) is 0.797. The van der Waals surface area contributed by atoms with Gasteiger partial charge in [-0.15, -0.1) is 11.3 Å². The fourth-order valence-electron chi connectivity index (χ4n) is 3.15. The van der Waals surface area contributed by atoms with Gasteiger partial charge < -0.3 is 10.6 Å². The predicted molar refractivity (Wildman–Crippen MR) is 97.1 cm³/mol. The fourth-order valence-corrected chi connectivity index (χ4v) is 3.95. The minimum Gasteiger partial charge on any atom is -0.369 e. The van der Waals surface area contributed by atoms with E-state index in [9.17, 15) is 4.79 Å². The van der Waals surface area contributed by atoms with E-state index in [-0.39, 0.29) is 11.8 Å². The van der Waals surface area contributed by atoms with Crippen LogP contribution >= 0.6 is 11.3 Å². The largest absolute Gasteiger partial charge is 0.369 e. The van der Waals surface area contributed by atoms with Crippen molar-refractivity contribution in [2.45, 2.75) is 13.3 Å². The number of nitrogens with two attached hydrogens (primary N) is 1. The Kier molecular flexibility index (Phi) is 3.69. The number of aromatic nitrogens is 2. The number of aryl methyl sites for hydroxylation is 1. The third-order valence-corrected chi connectivity index (χ3v) is 5.43. The maximum absolute atomic E-state index is 11.5. The van der Waals surface area contributed by atoms with Gasteiger partial charge in [-0.05, 0) is 37.6 Å². The summed E-state index contributed by atoms with van der Waals surface area (Å²) in [5.74, 6) is 1.30. The SMILES string of the molecule is Cc1ccc(-c2nc(N3CC[C@@H](C(N)=O)C3)c3ccccc3n2)s1.